The maximum atomic E-state index is 14.0. The normalized spacial score (nSPS) is 18.7. The quantitative estimate of drug-likeness (QED) is 0.551. The zero-order valence-corrected chi connectivity index (χ0v) is 18.0. The lowest BCUT2D eigenvalue weighted by Crippen LogP contribution is -2.27. The highest BCUT2D eigenvalue weighted by Crippen LogP contribution is 2.46. The van der Waals surface area contributed by atoms with E-state index in [1.807, 2.05) is 0 Å². The van der Waals surface area contributed by atoms with E-state index in [2.05, 4.69) is 20.7 Å². The van der Waals surface area contributed by atoms with Crippen molar-refractivity contribution in [2.24, 2.45) is 13.0 Å². The van der Waals surface area contributed by atoms with Crippen LogP contribution in [0.2, 0.25) is 10.0 Å². The number of benzene rings is 2. The van der Waals surface area contributed by atoms with Crippen molar-refractivity contribution >= 4 is 34.8 Å². The van der Waals surface area contributed by atoms with Crippen molar-refractivity contribution in [3.63, 3.8) is 0 Å². The molecule has 0 spiro atoms. The average molecular weight is 466 g/mol. The predicted octanol–water partition coefficient (Wildman–Crippen LogP) is 5.34. The second-order valence-corrected chi connectivity index (χ2v) is 8.58. The number of nitrogens with zero attached hydrogens (tertiary/aromatic N) is 4. The Balaban J connectivity index is 1.63. The Morgan fingerprint density at radius 1 is 1.19 bits per heavy atom. The number of nitrogens with one attached hydrogen (secondary N) is 1. The molecule has 6 nitrogen and oxygen atoms in total. The van der Waals surface area contributed by atoms with Gasteiger partial charge in [-0.15, -0.1) is 10.2 Å². The first-order valence-electron chi connectivity index (χ1n) is 9.69. The number of alkyl halides is 2. The van der Waals surface area contributed by atoms with Crippen LogP contribution in [0.4, 0.5) is 14.5 Å². The van der Waals surface area contributed by atoms with Crippen LogP contribution in [0.25, 0.3) is 11.4 Å². The predicted molar refractivity (Wildman–Crippen MR) is 114 cm³/mol. The van der Waals surface area contributed by atoms with Gasteiger partial charge in [0.05, 0.1) is 13.0 Å². The third kappa shape index (κ3) is 5.02. The minimum absolute atomic E-state index is 0.230. The smallest absolute Gasteiger partial charge is 0.248 e. The Bertz CT molecular complexity index is 1080. The lowest BCUT2D eigenvalue weighted by molar-refractivity contribution is -0.118. The average Bonchev–Trinajstić information content (AvgIpc) is 3.27. The third-order valence-electron chi connectivity index (χ3n) is 5.36. The molecule has 2 unspecified atom stereocenters. The van der Waals surface area contributed by atoms with Gasteiger partial charge in [0.15, 0.2) is 0 Å². The molecule has 162 valence electrons. The minimum Gasteiger partial charge on any atom is -0.325 e. The summed E-state index contributed by atoms with van der Waals surface area (Å²) in [5.74, 6) is -3.96. The number of halogens is 4. The van der Waals surface area contributed by atoms with Gasteiger partial charge in [0.2, 0.25) is 17.7 Å². The molecule has 2 aromatic carbocycles. The molecule has 1 aromatic heterocycles. The van der Waals surface area contributed by atoms with Gasteiger partial charge in [-0.2, -0.15) is 4.80 Å². The number of hydrogen-bond acceptors (Lipinski definition) is 4. The number of aromatic nitrogens is 4. The highest BCUT2D eigenvalue weighted by molar-refractivity contribution is 6.35. The Morgan fingerprint density at radius 3 is 2.42 bits per heavy atom. The molecule has 0 saturated heterocycles. The summed E-state index contributed by atoms with van der Waals surface area (Å²) in [6, 6.07) is 11.7. The second-order valence-electron chi connectivity index (χ2n) is 7.71. The molecule has 1 saturated carbocycles. The molecule has 0 aliphatic heterocycles. The van der Waals surface area contributed by atoms with Gasteiger partial charge in [0.1, 0.15) is 0 Å². The van der Waals surface area contributed by atoms with Crippen molar-refractivity contribution in [1.29, 1.82) is 0 Å². The van der Waals surface area contributed by atoms with E-state index in [0.717, 1.165) is 5.56 Å². The van der Waals surface area contributed by atoms with Crippen molar-refractivity contribution < 1.29 is 13.6 Å². The number of hydrogen-bond donors (Lipinski definition) is 1. The minimum atomic E-state index is -2.77. The van der Waals surface area contributed by atoms with Crippen LogP contribution in [0.5, 0.6) is 0 Å². The molecule has 0 bridgehead atoms. The summed E-state index contributed by atoms with van der Waals surface area (Å²) < 4.78 is 27.9. The molecule has 1 N–H and O–H groups in total. The Hall–Kier alpha value is -2.58. The highest BCUT2D eigenvalue weighted by atomic mass is 35.5. The van der Waals surface area contributed by atoms with Crippen LogP contribution in [0.3, 0.4) is 0 Å². The highest BCUT2D eigenvalue weighted by Gasteiger charge is 2.45. The van der Waals surface area contributed by atoms with Crippen LogP contribution in [0.1, 0.15) is 30.7 Å². The molecular weight excluding hydrogens is 447 g/mol. The van der Waals surface area contributed by atoms with Gasteiger partial charge in [-0.1, -0.05) is 47.5 Å². The summed E-state index contributed by atoms with van der Waals surface area (Å²) in [4.78, 5) is 14.6. The van der Waals surface area contributed by atoms with Crippen molar-refractivity contribution in [2.45, 2.75) is 31.1 Å². The van der Waals surface area contributed by atoms with Gasteiger partial charge in [-0.25, -0.2) is 8.78 Å². The summed E-state index contributed by atoms with van der Waals surface area (Å²) in [6.45, 7) is 0. The number of tetrazole rings is 1. The van der Waals surface area contributed by atoms with Gasteiger partial charge in [0.25, 0.3) is 0 Å². The first kappa shape index (κ1) is 21.6. The molecule has 1 heterocycles. The monoisotopic (exact) mass is 465 g/mol. The fraction of sp³-hybridized carbons (Fsp3) is 0.333. The summed E-state index contributed by atoms with van der Waals surface area (Å²) in [6.07, 6.45) is -0.310. The van der Waals surface area contributed by atoms with Gasteiger partial charge in [0, 0.05) is 34.1 Å². The van der Waals surface area contributed by atoms with Gasteiger partial charge >= 0.3 is 0 Å². The SMILES string of the molecule is Cn1nnc(-c2ccc(C(C(=O)Nc3cc(Cl)cc(Cl)c3)C3CCC(F)(F)C3)cc2)n1. The zero-order valence-electron chi connectivity index (χ0n) is 16.5. The molecule has 0 radical (unpaired) electrons. The van der Waals surface area contributed by atoms with Crippen molar-refractivity contribution in [3.8, 4) is 11.4 Å². The Morgan fingerprint density at radius 2 is 1.87 bits per heavy atom. The van der Waals surface area contributed by atoms with Crippen LogP contribution in [-0.2, 0) is 11.8 Å². The standard InChI is InChI=1S/C21H19Cl2F2N5O/c1-30-28-19(27-29-30)13-4-2-12(3-5-13)18(14-6-7-21(24,25)11-14)20(31)26-17-9-15(22)8-16(23)10-17/h2-5,8-10,14,18H,6-7,11H2,1H3,(H,26,31). The Labute approximate surface area is 187 Å². The van der Waals surface area contributed by atoms with Gasteiger partial charge in [-0.3, -0.25) is 4.79 Å². The number of rotatable bonds is 5. The molecule has 2 atom stereocenters. The number of aryl methyl sites for hydroxylation is 1. The fourth-order valence-electron chi connectivity index (χ4n) is 3.99. The molecule has 1 aliphatic carbocycles. The molecule has 4 rings (SSSR count). The van der Waals surface area contributed by atoms with Crippen LogP contribution in [-0.4, -0.2) is 32.0 Å². The van der Waals surface area contributed by atoms with Gasteiger partial charge < -0.3 is 5.32 Å². The van der Waals surface area contributed by atoms with E-state index >= 15 is 0 Å². The van der Waals surface area contributed by atoms with E-state index in [1.54, 1.807) is 49.5 Å². The van der Waals surface area contributed by atoms with Crippen LogP contribution >= 0.6 is 23.2 Å². The number of carbonyl (C=O) groups excluding carboxylic acids is 1. The maximum Gasteiger partial charge on any atom is 0.248 e. The molecule has 31 heavy (non-hydrogen) atoms. The van der Waals surface area contributed by atoms with E-state index < -0.39 is 17.8 Å². The van der Waals surface area contributed by atoms with E-state index in [1.165, 1.54) is 4.80 Å². The molecule has 3 aromatic rings. The Kier molecular flexibility index (Phi) is 5.94. The molecule has 10 heteroatoms. The van der Waals surface area contributed by atoms with Crippen molar-refractivity contribution in [1.82, 2.24) is 20.2 Å². The first-order chi connectivity index (χ1) is 14.7. The summed E-state index contributed by atoms with van der Waals surface area (Å²) in [7, 11) is 1.66. The number of amides is 1. The van der Waals surface area contributed by atoms with E-state index in [9.17, 15) is 13.6 Å². The van der Waals surface area contributed by atoms with E-state index in [0.29, 0.717) is 27.1 Å². The maximum absolute atomic E-state index is 14.0. The lowest BCUT2D eigenvalue weighted by Gasteiger charge is -2.24. The summed E-state index contributed by atoms with van der Waals surface area (Å²) >= 11 is 12.0. The lowest BCUT2D eigenvalue weighted by atomic mass is 9.83. The van der Waals surface area contributed by atoms with Crippen molar-refractivity contribution in [3.05, 3.63) is 58.1 Å². The van der Waals surface area contributed by atoms with Gasteiger partial charge in [-0.05, 0) is 41.3 Å². The number of anilines is 1. The number of carbonyl (C=O) groups is 1. The molecule has 1 aliphatic rings. The largest absolute Gasteiger partial charge is 0.325 e. The fourth-order valence-corrected chi connectivity index (χ4v) is 4.52. The summed E-state index contributed by atoms with van der Waals surface area (Å²) in [5.41, 5.74) is 1.77. The second kappa shape index (κ2) is 8.51. The van der Waals surface area contributed by atoms with Crippen LogP contribution < -0.4 is 5.32 Å². The van der Waals surface area contributed by atoms with Crippen LogP contribution in [0, 0.1) is 5.92 Å². The topological polar surface area (TPSA) is 72.7 Å². The third-order valence-corrected chi connectivity index (χ3v) is 5.80. The molecular formula is C21H19Cl2F2N5O. The van der Waals surface area contributed by atoms with E-state index in [4.69, 9.17) is 23.2 Å². The van der Waals surface area contributed by atoms with Crippen LogP contribution in [0.15, 0.2) is 42.5 Å². The van der Waals surface area contributed by atoms with Crippen molar-refractivity contribution in [2.75, 3.05) is 5.32 Å². The summed E-state index contributed by atoms with van der Waals surface area (Å²) in [5, 5.41) is 15.4. The zero-order chi connectivity index (χ0) is 22.2. The molecule has 1 fully saturated rings. The molecule has 1 amide bonds. The van der Waals surface area contributed by atoms with E-state index in [-0.39, 0.29) is 25.2 Å². The first-order valence-corrected chi connectivity index (χ1v) is 10.4.